The highest BCUT2D eigenvalue weighted by atomic mass is 32.2. The second-order valence-corrected chi connectivity index (χ2v) is 13.8. The Morgan fingerprint density at radius 3 is 2.04 bits per heavy atom. The number of anilines is 1. The van der Waals surface area contributed by atoms with Crippen LogP contribution in [0.3, 0.4) is 0 Å². The van der Waals surface area contributed by atoms with Crippen LogP contribution in [0.5, 0.6) is 5.75 Å². The molecule has 0 unspecified atom stereocenters. The lowest BCUT2D eigenvalue weighted by atomic mass is 9.96. The molecule has 4 aromatic rings. The largest absolute Gasteiger partial charge is 0.496 e. The summed E-state index contributed by atoms with van der Waals surface area (Å²) >= 11 is 0. The molecule has 1 aliphatic heterocycles. The Balaban J connectivity index is 1.40. The predicted octanol–water partition coefficient (Wildman–Crippen LogP) is 7.35. The van der Waals surface area contributed by atoms with Crippen molar-refractivity contribution >= 4 is 21.6 Å². The Bertz CT molecular complexity index is 1640. The Morgan fingerprint density at radius 2 is 1.44 bits per heavy atom. The third-order valence-electron chi connectivity index (χ3n) is 8.94. The van der Waals surface area contributed by atoms with Crippen LogP contribution in [0, 0.1) is 13.8 Å². The van der Waals surface area contributed by atoms with Crippen molar-refractivity contribution in [2.24, 2.45) is 0 Å². The van der Waals surface area contributed by atoms with E-state index in [2.05, 4.69) is 53.8 Å². The summed E-state index contributed by atoms with van der Waals surface area (Å²) in [5.41, 5.74) is 5.73. The molecule has 1 aliphatic rings. The fourth-order valence-electron chi connectivity index (χ4n) is 6.30. The van der Waals surface area contributed by atoms with E-state index < -0.39 is 16.1 Å². The lowest BCUT2D eigenvalue weighted by Gasteiger charge is -2.37. The summed E-state index contributed by atoms with van der Waals surface area (Å²) in [6, 6.07) is 30.6. The summed E-state index contributed by atoms with van der Waals surface area (Å²) in [5.74, 6) is 0.269. The number of ether oxygens (including phenoxy) is 1. The van der Waals surface area contributed by atoms with E-state index in [9.17, 15) is 13.2 Å². The van der Waals surface area contributed by atoms with Gasteiger partial charge in [-0.1, -0.05) is 78.9 Å². The summed E-state index contributed by atoms with van der Waals surface area (Å²) in [5, 5.41) is 3.32. The summed E-state index contributed by atoms with van der Waals surface area (Å²) < 4.78 is 35.7. The quantitative estimate of drug-likeness (QED) is 0.169. The first-order valence-corrected chi connectivity index (χ1v) is 17.4. The lowest BCUT2D eigenvalue weighted by Crippen LogP contribution is -2.54. The van der Waals surface area contributed by atoms with Crippen LogP contribution >= 0.6 is 0 Å². The zero-order chi connectivity index (χ0) is 31.8. The molecule has 0 aliphatic carbocycles. The van der Waals surface area contributed by atoms with Crippen molar-refractivity contribution < 1.29 is 17.9 Å². The van der Waals surface area contributed by atoms with Gasteiger partial charge in [-0.05, 0) is 105 Å². The van der Waals surface area contributed by atoms with E-state index >= 15 is 0 Å². The average molecular weight is 625 g/mol. The fraction of sp³-hybridized carbons (Fsp3) is 0.342. The predicted molar refractivity (Wildman–Crippen MR) is 181 cm³/mol. The number of hydrogen-bond donors (Lipinski definition) is 1. The maximum absolute atomic E-state index is 14.4. The minimum Gasteiger partial charge on any atom is -0.496 e. The molecule has 0 saturated carbocycles. The molecule has 6 nitrogen and oxygen atoms in total. The molecule has 0 radical (unpaired) electrons. The summed E-state index contributed by atoms with van der Waals surface area (Å²) in [7, 11) is -2.55. The number of methoxy groups -OCH3 is 1. The number of aryl methyl sites for hydroxylation is 4. The zero-order valence-corrected chi connectivity index (χ0v) is 27.4. The van der Waals surface area contributed by atoms with Crippen LogP contribution in [-0.4, -0.2) is 33.5 Å². The highest BCUT2D eigenvalue weighted by Gasteiger charge is 2.40. The molecule has 1 heterocycles. The van der Waals surface area contributed by atoms with Gasteiger partial charge in [0.15, 0.2) is 0 Å². The number of nitrogens with zero attached hydrogens (tertiary/aromatic N) is 1. The Labute approximate surface area is 268 Å². The standard InChI is InChI=1S/C38H44N2O4S/c1-28-26-34(27-37(44-3)29(28)2)45(42,43)40-35-23-11-10-20-32(35)24-25-36(40)38(41)39-33(21-12-18-30-14-6-4-7-15-30)22-13-19-31-16-8-5-9-17-31/h4-11,14-17,20,23,26-27,33,36H,12-13,18-19,21-22,24-25H2,1-3H3,(H,39,41)/t36-/m1/s1. The molecule has 5 rings (SSSR count). The smallest absolute Gasteiger partial charge is 0.265 e. The molecule has 4 aromatic carbocycles. The van der Waals surface area contributed by atoms with E-state index in [1.165, 1.54) is 15.4 Å². The molecule has 0 spiro atoms. The molecule has 0 bridgehead atoms. The number of sulfonamides is 1. The number of nitrogens with one attached hydrogen (secondary N) is 1. The SMILES string of the molecule is COc1cc(S(=O)(=O)N2c3ccccc3CC[C@@H]2C(=O)NC(CCCc2ccccc2)CCCc2ccccc2)cc(C)c1C. The van der Waals surface area contributed by atoms with Crippen LogP contribution < -0.4 is 14.4 Å². The van der Waals surface area contributed by atoms with Crippen LogP contribution in [0.15, 0.2) is 102 Å². The fourth-order valence-corrected chi connectivity index (χ4v) is 8.08. The van der Waals surface area contributed by atoms with E-state index in [0.717, 1.165) is 55.2 Å². The third kappa shape index (κ3) is 7.77. The van der Waals surface area contributed by atoms with Crippen molar-refractivity contribution in [2.75, 3.05) is 11.4 Å². The normalized spacial score (nSPS) is 14.7. The maximum Gasteiger partial charge on any atom is 0.265 e. The van der Waals surface area contributed by atoms with Gasteiger partial charge in [-0.15, -0.1) is 0 Å². The van der Waals surface area contributed by atoms with E-state index in [1.807, 2.05) is 50.2 Å². The van der Waals surface area contributed by atoms with Gasteiger partial charge < -0.3 is 10.1 Å². The van der Waals surface area contributed by atoms with Crippen molar-refractivity contribution in [3.05, 3.63) is 125 Å². The highest BCUT2D eigenvalue weighted by molar-refractivity contribution is 7.93. The lowest BCUT2D eigenvalue weighted by molar-refractivity contribution is -0.123. The van der Waals surface area contributed by atoms with Crippen molar-refractivity contribution in [3.8, 4) is 5.75 Å². The topological polar surface area (TPSA) is 75.7 Å². The number of carbonyl (C=O) groups is 1. The van der Waals surface area contributed by atoms with Crippen LogP contribution in [-0.2, 0) is 34.1 Å². The minimum atomic E-state index is -4.09. The number of carbonyl (C=O) groups excluding carboxylic acids is 1. The Morgan fingerprint density at radius 1 is 0.867 bits per heavy atom. The number of hydrogen-bond acceptors (Lipinski definition) is 4. The van der Waals surface area contributed by atoms with Crippen molar-refractivity contribution in [3.63, 3.8) is 0 Å². The monoisotopic (exact) mass is 624 g/mol. The van der Waals surface area contributed by atoms with Gasteiger partial charge in [0, 0.05) is 12.1 Å². The summed E-state index contributed by atoms with van der Waals surface area (Å²) in [6.07, 6.45) is 6.39. The first-order valence-electron chi connectivity index (χ1n) is 15.9. The zero-order valence-electron chi connectivity index (χ0n) is 26.5. The number of fused-ring (bicyclic) bond motifs is 1. The number of benzene rings is 4. The number of amides is 1. The molecule has 0 saturated heterocycles. The molecule has 1 atom stereocenters. The molecular formula is C38H44N2O4S. The molecule has 7 heteroatoms. The van der Waals surface area contributed by atoms with E-state index in [4.69, 9.17) is 4.74 Å². The maximum atomic E-state index is 14.4. The molecule has 1 N–H and O–H groups in total. The van der Waals surface area contributed by atoms with Gasteiger partial charge in [0.2, 0.25) is 5.91 Å². The van der Waals surface area contributed by atoms with Crippen molar-refractivity contribution in [1.29, 1.82) is 0 Å². The first-order chi connectivity index (χ1) is 21.8. The van der Waals surface area contributed by atoms with E-state index in [0.29, 0.717) is 24.3 Å². The Hall–Kier alpha value is -4.10. The second-order valence-electron chi connectivity index (χ2n) is 12.0. The highest BCUT2D eigenvalue weighted by Crippen LogP contribution is 2.37. The summed E-state index contributed by atoms with van der Waals surface area (Å²) in [6.45, 7) is 3.79. The van der Waals surface area contributed by atoms with E-state index in [-0.39, 0.29) is 16.8 Å². The van der Waals surface area contributed by atoms with Crippen LogP contribution in [0.25, 0.3) is 0 Å². The van der Waals surface area contributed by atoms with Gasteiger partial charge in [-0.25, -0.2) is 8.42 Å². The molecule has 45 heavy (non-hydrogen) atoms. The molecule has 0 fully saturated rings. The number of rotatable bonds is 13. The molecule has 1 amide bonds. The van der Waals surface area contributed by atoms with Gasteiger partial charge in [0.25, 0.3) is 10.0 Å². The van der Waals surface area contributed by atoms with Gasteiger partial charge in [0.05, 0.1) is 17.7 Å². The first kappa shape index (κ1) is 32.3. The molecular weight excluding hydrogens is 580 g/mol. The van der Waals surface area contributed by atoms with Gasteiger partial charge in [0.1, 0.15) is 11.8 Å². The molecule has 236 valence electrons. The average Bonchev–Trinajstić information content (AvgIpc) is 3.06. The summed E-state index contributed by atoms with van der Waals surface area (Å²) in [4.78, 5) is 14.3. The second kappa shape index (κ2) is 14.8. The van der Waals surface area contributed by atoms with Crippen LogP contribution in [0.4, 0.5) is 5.69 Å². The third-order valence-corrected chi connectivity index (χ3v) is 10.7. The van der Waals surface area contributed by atoms with Gasteiger partial charge in [-0.2, -0.15) is 0 Å². The van der Waals surface area contributed by atoms with Gasteiger partial charge in [-0.3, -0.25) is 9.10 Å². The van der Waals surface area contributed by atoms with Crippen LogP contribution in [0.2, 0.25) is 0 Å². The minimum absolute atomic E-state index is 0.0617. The number of para-hydroxylation sites is 1. The van der Waals surface area contributed by atoms with Crippen molar-refractivity contribution in [1.82, 2.24) is 5.32 Å². The van der Waals surface area contributed by atoms with Crippen molar-refractivity contribution in [2.45, 2.75) is 82.2 Å². The van der Waals surface area contributed by atoms with Crippen LogP contribution in [0.1, 0.15) is 59.9 Å². The Kier molecular flexibility index (Phi) is 10.6. The van der Waals surface area contributed by atoms with Gasteiger partial charge >= 0.3 is 0 Å². The molecule has 0 aromatic heterocycles. The van der Waals surface area contributed by atoms with E-state index in [1.54, 1.807) is 19.2 Å².